The number of hydrogen-bond acceptors (Lipinski definition) is 3. The molecule has 1 aliphatic rings. The summed E-state index contributed by atoms with van der Waals surface area (Å²) >= 11 is 6.07. The lowest BCUT2D eigenvalue weighted by molar-refractivity contribution is 0.0608. The summed E-state index contributed by atoms with van der Waals surface area (Å²) in [4.78, 5) is 14.4. The van der Waals surface area contributed by atoms with E-state index in [0.717, 1.165) is 25.7 Å². The molecule has 0 aliphatic carbocycles. The van der Waals surface area contributed by atoms with Crippen LogP contribution in [0.25, 0.3) is 0 Å². The Hall–Kier alpha value is -0.780. The smallest absolute Gasteiger partial charge is 0.261 e. The van der Waals surface area contributed by atoms with E-state index in [1.54, 1.807) is 4.90 Å². The molecule has 0 spiro atoms. The maximum absolute atomic E-state index is 12.7. The summed E-state index contributed by atoms with van der Waals surface area (Å²) in [6.45, 7) is 2.71. The predicted octanol–water partition coefficient (Wildman–Crippen LogP) is 3.67. The zero-order valence-electron chi connectivity index (χ0n) is 11.7. The van der Waals surface area contributed by atoms with Crippen LogP contribution in [-0.4, -0.2) is 31.8 Å². The molecule has 7 heteroatoms. The van der Waals surface area contributed by atoms with Gasteiger partial charge in [0.15, 0.2) is 0 Å². The second-order valence-electron chi connectivity index (χ2n) is 5.14. The van der Waals surface area contributed by atoms with Gasteiger partial charge in [0, 0.05) is 23.3 Å². The zero-order valence-corrected chi connectivity index (χ0v) is 14.0. The number of carbonyl (C=O) groups is 1. The summed E-state index contributed by atoms with van der Waals surface area (Å²) in [5.41, 5.74) is 0.193. The van der Waals surface area contributed by atoms with Gasteiger partial charge < -0.3 is 4.90 Å². The van der Waals surface area contributed by atoms with Gasteiger partial charge in [-0.3, -0.25) is 4.79 Å². The minimum Gasteiger partial charge on any atom is -0.336 e. The Morgan fingerprint density at radius 3 is 2.71 bits per heavy atom. The number of rotatable bonds is 3. The lowest BCUT2D eigenvalue weighted by atomic mass is 9.99. The van der Waals surface area contributed by atoms with E-state index in [4.69, 9.17) is 22.3 Å². The average Bonchev–Trinajstić information content (AvgIpc) is 2.45. The van der Waals surface area contributed by atoms with Gasteiger partial charge in [0.1, 0.15) is 0 Å². The number of carbonyl (C=O) groups excluding carboxylic acids is 1. The molecule has 1 aliphatic heterocycles. The second kappa shape index (κ2) is 6.55. The van der Waals surface area contributed by atoms with Gasteiger partial charge in [-0.1, -0.05) is 18.5 Å². The third-order valence-corrected chi connectivity index (χ3v) is 5.49. The largest absolute Gasteiger partial charge is 0.336 e. The van der Waals surface area contributed by atoms with Crippen LogP contribution in [0.2, 0.25) is 5.02 Å². The molecular weight excluding hydrogens is 333 g/mol. The van der Waals surface area contributed by atoms with E-state index in [-0.39, 0.29) is 27.4 Å². The molecule has 0 aromatic heterocycles. The molecule has 1 amide bonds. The van der Waals surface area contributed by atoms with Crippen molar-refractivity contribution in [3.05, 3.63) is 28.8 Å². The standard InChI is InChI=1S/C14H17Cl2NO3S/c1-2-10-5-3-4-8-17(10)14(18)12-9-11(21(16,19)20)6-7-13(12)15/h6-7,9-10H,2-5,8H2,1H3. The molecule has 1 heterocycles. The Labute approximate surface area is 134 Å². The molecule has 0 bridgehead atoms. The van der Waals surface area contributed by atoms with Crippen LogP contribution < -0.4 is 0 Å². The summed E-state index contributed by atoms with van der Waals surface area (Å²) in [5, 5.41) is 0.240. The fraction of sp³-hybridized carbons (Fsp3) is 0.500. The average molecular weight is 350 g/mol. The number of amides is 1. The highest BCUT2D eigenvalue weighted by atomic mass is 35.7. The van der Waals surface area contributed by atoms with Crippen molar-refractivity contribution < 1.29 is 13.2 Å². The van der Waals surface area contributed by atoms with Crippen LogP contribution in [0.1, 0.15) is 43.0 Å². The highest BCUT2D eigenvalue weighted by molar-refractivity contribution is 8.13. The van der Waals surface area contributed by atoms with Crippen molar-refractivity contribution in [3.63, 3.8) is 0 Å². The molecule has 4 nitrogen and oxygen atoms in total. The number of benzene rings is 1. The van der Waals surface area contributed by atoms with E-state index in [2.05, 4.69) is 0 Å². The normalized spacial score (nSPS) is 19.6. The van der Waals surface area contributed by atoms with Crippen LogP contribution in [0.3, 0.4) is 0 Å². The number of nitrogens with zero attached hydrogens (tertiary/aromatic N) is 1. The summed E-state index contributed by atoms with van der Waals surface area (Å²) in [5.74, 6) is -0.228. The predicted molar refractivity (Wildman–Crippen MR) is 83.5 cm³/mol. The number of hydrogen-bond donors (Lipinski definition) is 0. The van der Waals surface area contributed by atoms with Crippen LogP contribution in [0, 0.1) is 0 Å². The Morgan fingerprint density at radius 1 is 1.38 bits per heavy atom. The quantitative estimate of drug-likeness (QED) is 0.782. The number of likely N-dealkylation sites (tertiary alicyclic amines) is 1. The Bertz CT molecular complexity index is 646. The molecule has 2 rings (SSSR count). The van der Waals surface area contributed by atoms with E-state index in [1.807, 2.05) is 6.92 Å². The van der Waals surface area contributed by atoms with Gasteiger partial charge in [0.25, 0.3) is 15.0 Å². The molecular formula is C14H17Cl2NO3S. The lowest BCUT2D eigenvalue weighted by Crippen LogP contribution is -2.43. The number of halogens is 2. The van der Waals surface area contributed by atoms with Crippen molar-refractivity contribution >= 4 is 37.2 Å². The zero-order chi connectivity index (χ0) is 15.6. The summed E-state index contributed by atoms with van der Waals surface area (Å²) in [6, 6.07) is 4.14. The van der Waals surface area contributed by atoms with Gasteiger partial charge in [0.05, 0.1) is 15.5 Å². The topological polar surface area (TPSA) is 54.5 Å². The van der Waals surface area contributed by atoms with Gasteiger partial charge in [-0.25, -0.2) is 8.42 Å². The Morgan fingerprint density at radius 2 is 2.10 bits per heavy atom. The SMILES string of the molecule is CCC1CCCCN1C(=O)c1cc(S(=O)(=O)Cl)ccc1Cl. The van der Waals surface area contributed by atoms with Crippen LogP contribution in [0.15, 0.2) is 23.1 Å². The molecule has 116 valence electrons. The summed E-state index contributed by atoms with van der Waals surface area (Å²) in [7, 11) is 1.45. The molecule has 1 aromatic rings. The lowest BCUT2D eigenvalue weighted by Gasteiger charge is -2.35. The minimum absolute atomic E-state index is 0.109. The third-order valence-electron chi connectivity index (χ3n) is 3.81. The Kier molecular flexibility index (Phi) is 5.17. The van der Waals surface area contributed by atoms with Crippen molar-refractivity contribution in [3.8, 4) is 0 Å². The van der Waals surface area contributed by atoms with E-state index in [0.29, 0.717) is 6.54 Å². The van der Waals surface area contributed by atoms with Gasteiger partial charge in [-0.05, 0) is 43.9 Å². The first-order valence-electron chi connectivity index (χ1n) is 6.89. The first kappa shape index (κ1) is 16.6. The van der Waals surface area contributed by atoms with Crippen LogP contribution >= 0.6 is 22.3 Å². The molecule has 1 atom stereocenters. The fourth-order valence-electron chi connectivity index (χ4n) is 2.67. The van der Waals surface area contributed by atoms with Crippen molar-refractivity contribution in [2.75, 3.05) is 6.54 Å². The molecule has 21 heavy (non-hydrogen) atoms. The highest BCUT2D eigenvalue weighted by Gasteiger charge is 2.28. The Balaban J connectivity index is 2.38. The number of piperidine rings is 1. The van der Waals surface area contributed by atoms with Gasteiger partial charge in [-0.2, -0.15) is 0 Å². The van der Waals surface area contributed by atoms with Crippen molar-refractivity contribution in [1.82, 2.24) is 4.90 Å². The van der Waals surface area contributed by atoms with E-state index in [9.17, 15) is 13.2 Å². The molecule has 0 saturated carbocycles. The highest BCUT2D eigenvalue weighted by Crippen LogP contribution is 2.27. The van der Waals surface area contributed by atoms with Crippen molar-refractivity contribution in [2.45, 2.75) is 43.5 Å². The van der Waals surface area contributed by atoms with Crippen LogP contribution in [0.5, 0.6) is 0 Å². The molecule has 1 saturated heterocycles. The molecule has 0 N–H and O–H groups in total. The van der Waals surface area contributed by atoms with Gasteiger partial charge in [0.2, 0.25) is 0 Å². The van der Waals surface area contributed by atoms with Gasteiger partial charge in [-0.15, -0.1) is 0 Å². The molecule has 1 fully saturated rings. The maximum atomic E-state index is 12.7. The minimum atomic E-state index is -3.88. The van der Waals surface area contributed by atoms with Crippen molar-refractivity contribution in [1.29, 1.82) is 0 Å². The van der Waals surface area contributed by atoms with Crippen LogP contribution in [0.4, 0.5) is 0 Å². The van der Waals surface area contributed by atoms with Crippen molar-refractivity contribution in [2.24, 2.45) is 0 Å². The third kappa shape index (κ3) is 3.71. The molecule has 1 unspecified atom stereocenters. The van der Waals surface area contributed by atoms with Crippen LogP contribution in [-0.2, 0) is 9.05 Å². The second-order valence-corrected chi connectivity index (χ2v) is 8.11. The van der Waals surface area contributed by atoms with E-state index < -0.39 is 9.05 Å². The molecule has 1 aromatic carbocycles. The van der Waals surface area contributed by atoms with Gasteiger partial charge >= 0.3 is 0 Å². The maximum Gasteiger partial charge on any atom is 0.261 e. The fourth-order valence-corrected chi connectivity index (χ4v) is 3.64. The monoisotopic (exact) mass is 349 g/mol. The molecule has 0 radical (unpaired) electrons. The first-order valence-corrected chi connectivity index (χ1v) is 9.58. The first-order chi connectivity index (χ1) is 9.84. The summed E-state index contributed by atoms with van der Waals surface area (Å²) in [6.07, 6.45) is 3.89. The summed E-state index contributed by atoms with van der Waals surface area (Å²) < 4.78 is 22.8. The van der Waals surface area contributed by atoms with E-state index in [1.165, 1.54) is 18.2 Å². The van der Waals surface area contributed by atoms with E-state index >= 15 is 0 Å².